The standard InChI is InChI=1S/CNOP/c2-1-3-4. The summed E-state index contributed by atoms with van der Waals surface area (Å²) in [6.45, 7) is 0. The number of hydrogen-bond donors (Lipinski definition) is 0. The monoisotopic (exact) mass is 73.0 g/mol. The van der Waals surface area contributed by atoms with Crippen LogP contribution in [0.4, 0.5) is 0 Å². The molecule has 0 aromatic rings. The number of rotatable bonds is 0. The Morgan fingerprint density at radius 1 is 2.00 bits per heavy atom. The lowest BCUT2D eigenvalue weighted by molar-refractivity contribution is 0.594. The lowest BCUT2D eigenvalue weighted by Gasteiger charge is -1.56. The molecule has 4 heavy (non-hydrogen) atoms. The van der Waals surface area contributed by atoms with Crippen LogP contribution in [0.2, 0.25) is 0 Å². The average molecular weight is 73.0 g/mol. The third-order valence-corrected chi connectivity index (χ3v) is 0.122. The maximum atomic E-state index is 7.33. The molecule has 2 nitrogen and oxygen atoms in total. The molecule has 0 aromatic carbocycles. The minimum Gasteiger partial charge on any atom is -0.390 e. The maximum absolute atomic E-state index is 7.33. The molecule has 0 atom stereocenters. The van der Waals surface area contributed by atoms with Crippen molar-refractivity contribution < 1.29 is 4.52 Å². The fraction of sp³-hybridized carbons (Fsp3) is 0. The molecule has 0 heterocycles. The molecule has 2 radical (unpaired) electrons. The van der Waals surface area contributed by atoms with Crippen LogP contribution < -0.4 is 0 Å². The quantitative estimate of drug-likeness (QED) is 0.314. The first kappa shape index (κ1) is 3.72. The van der Waals surface area contributed by atoms with Gasteiger partial charge in [-0.3, -0.25) is 0 Å². The van der Waals surface area contributed by atoms with Gasteiger partial charge >= 0.3 is 0 Å². The molecule has 0 aliphatic rings. The first-order valence-corrected chi connectivity index (χ1v) is 0.975. The van der Waals surface area contributed by atoms with Gasteiger partial charge in [-0.15, -0.1) is 5.26 Å². The van der Waals surface area contributed by atoms with Crippen molar-refractivity contribution in [3.8, 4) is 6.26 Å². The van der Waals surface area contributed by atoms with Crippen LogP contribution >= 0.6 is 9.47 Å². The van der Waals surface area contributed by atoms with Crippen LogP contribution in [0.25, 0.3) is 0 Å². The van der Waals surface area contributed by atoms with Gasteiger partial charge in [0.25, 0.3) is 15.7 Å². The van der Waals surface area contributed by atoms with Crippen molar-refractivity contribution in [3.05, 3.63) is 0 Å². The molecule has 0 N–H and O–H groups in total. The van der Waals surface area contributed by atoms with E-state index in [1.54, 1.807) is 0 Å². The van der Waals surface area contributed by atoms with Crippen LogP contribution in [-0.4, -0.2) is 0 Å². The van der Waals surface area contributed by atoms with Crippen molar-refractivity contribution in [2.75, 3.05) is 0 Å². The lowest BCUT2D eigenvalue weighted by Crippen LogP contribution is -1.38. The Bertz CT molecular complexity index is 37.8. The minimum absolute atomic E-state index is 1.29. The van der Waals surface area contributed by atoms with E-state index in [0.29, 0.717) is 0 Å². The van der Waals surface area contributed by atoms with E-state index in [2.05, 4.69) is 14.0 Å². The highest BCUT2D eigenvalue weighted by atomic mass is 31.0. The normalized spacial score (nSPS) is 4.00. The van der Waals surface area contributed by atoms with Gasteiger partial charge in [0, 0.05) is 0 Å². The minimum atomic E-state index is 1.29. The Balaban J connectivity index is 2.43. The zero-order valence-electron chi connectivity index (χ0n) is 1.80. The van der Waals surface area contributed by atoms with Gasteiger partial charge in [-0.2, -0.15) is 0 Å². The molecule has 0 unspecified atom stereocenters. The Morgan fingerprint density at radius 2 is 2.25 bits per heavy atom. The van der Waals surface area contributed by atoms with Gasteiger partial charge in [-0.25, -0.2) is 0 Å². The maximum Gasteiger partial charge on any atom is 0.290 e. The summed E-state index contributed by atoms with van der Waals surface area (Å²) in [5.74, 6) is 0. The van der Waals surface area contributed by atoms with E-state index in [-0.39, 0.29) is 0 Å². The molecule has 0 fully saturated rings. The largest absolute Gasteiger partial charge is 0.390 e. The summed E-state index contributed by atoms with van der Waals surface area (Å²) in [6, 6.07) is 0. The van der Waals surface area contributed by atoms with Gasteiger partial charge in [0.1, 0.15) is 0 Å². The molecular formula is CNOP. The Hall–Kier alpha value is -0.280. The van der Waals surface area contributed by atoms with E-state index in [1.807, 2.05) is 0 Å². The predicted molar refractivity (Wildman–Crippen MR) is 13.6 cm³/mol. The van der Waals surface area contributed by atoms with Crippen LogP contribution in [-0.2, 0) is 4.52 Å². The Kier molecular flexibility index (Phi) is 2.53. The van der Waals surface area contributed by atoms with Gasteiger partial charge in [-0.05, 0) is 0 Å². The molecule has 0 saturated carbocycles. The molecule has 0 bridgehead atoms. The molecule has 0 aliphatic carbocycles. The fourth-order valence-corrected chi connectivity index (χ4v) is 0. The summed E-state index contributed by atoms with van der Waals surface area (Å²) >= 11 is 0. The highest BCUT2D eigenvalue weighted by Crippen LogP contribution is 1.73. The van der Waals surface area contributed by atoms with Crippen LogP contribution in [0.15, 0.2) is 0 Å². The van der Waals surface area contributed by atoms with Crippen molar-refractivity contribution >= 4 is 9.47 Å². The van der Waals surface area contributed by atoms with Crippen molar-refractivity contribution in [1.29, 1.82) is 5.26 Å². The summed E-state index contributed by atoms with van der Waals surface area (Å²) in [4.78, 5) is 0. The molecule has 3 heteroatoms. The molecule has 20 valence electrons. The number of nitriles is 1. The lowest BCUT2D eigenvalue weighted by atomic mass is 11.6. The summed E-state index contributed by atoms with van der Waals surface area (Å²) in [5, 5.41) is 7.33. The average Bonchev–Trinajstić information content (AvgIpc) is 1.37. The Morgan fingerprint density at radius 3 is 2.25 bits per heavy atom. The smallest absolute Gasteiger partial charge is 0.290 e. The van der Waals surface area contributed by atoms with Crippen LogP contribution in [0.5, 0.6) is 0 Å². The number of nitrogens with zero attached hydrogens (tertiary/aromatic N) is 1. The van der Waals surface area contributed by atoms with Gasteiger partial charge in [0.15, 0.2) is 0 Å². The molecule has 0 spiro atoms. The molecule has 0 aromatic heterocycles. The summed E-state index contributed by atoms with van der Waals surface area (Å²) in [6.07, 6.45) is 1.29. The first-order valence-electron chi connectivity index (χ1n) is 0.610. The van der Waals surface area contributed by atoms with Gasteiger partial charge < -0.3 is 4.52 Å². The second kappa shape index (κ2) is 2.72. The van der Waals surface area contributed by atoms with Crippen LogP contribution in [0.1, 0.15) is 0 Å². The van der Waals surface area contributed by atoms with Gasteiger partial charge in [0.05, 0.1) is 0 Å². The summed E-state index contributed by atoms with van der Waals surface area (Å²) in [7, 11) is 3.06. The topological polar surface area (TPSA) is 33.0 Å². The van der Waals surface area contributed by atoms with E-state index >= 15 is 0 Å². The third-order valence-electron chi connectivity index (χ3n) is 0.0408. The van der Waals surface area contributed by atoms with Gasteiger partial charge in [0.2, 0.25) is 0 Å². The highest BCUT2D eigenvalue weighted by Gasteiger charge is 1.47. The van der Waals surface area contributed by atoms with Crippen LogP contribution in [0, 0.1) is 11.5 Å². The predicted octanol–water partition coefficient (Wildman–Crippen LogP) is 0.810. The number of hydrogen-bond acceptors (Lipinski definition) is 2. The van der Waals surface area contributed by atoms with E-state index in [9.17, 15) is 0 Å². The molecule has 0 rings (SSSR count). The SMILES string of the molecule is N#CO[P]. The highest BCUT2D eigenvalue weighted by molar-refractivity contribution is 7.10. The summed E-state index contributed by atoms with van der Waals surface area (Å²) in [5.41, 5.74) is 0. The van der Waals surface area contributed by atoms with E-state index in [1.165, 1.54) is 6.26 Å². The van der Waals surface area contributed by atoms with Gasteiger partial charge in [-0.1, -0.05) is 0 Å². The third kappa shape index (κ3) is 1.72. The summed E-state index contributed by atoms with van der Waals surface area (Å²) < 4.78 is 3.54. The molecular weight excluding hydrogens is 73.0 g/mol. The van der Waals surface area contributed by atoms with Crippen LogP contribution in [0.3, 0.4) is 0 Å². The second-order valence-corrected chi connectivity index (χ2v) is 0.365. The van der Waals surface area contributed by atoms with Crippen molar-refractivity contribution in [3.63, 3.8) is 0 Å². The Labute approximate surface area is 26.7 Å². The van der Waals surface area contributed by atoms with E-state index in [4.69, 9.17) is 5.26 Å². The second-order valence-electron chi connectivity index (χ2n) is 0.183. The van der Waals surface area contributed by atoms with Crippen molar-refractivity contribution in [2.24, 2.45) is 0 Å². The molecule has 0 amide bonds. The van der Waals surface area contributed by atoms with Crippen molar-refractivity contribution in [1.82, 2.24) is 0 Å². The van der Waals surface area contributed by atoms with E-state index in [0.717, 1.165) is 0 Å². The fourth-order valence-electron chi connectivity index (χ4n) is 0. The van der Waals surface area contributed by atoms with Crippen molar-refractivity contribution in [2.45, 2.75) is 0 Å². The molecule has 0 aliphatic heterocycles. The van der Waals surface area contributed by atoms with E-state index < -0.39 is 0 Å². The zero-order valence-corrected chi connectivity index (χ0v) is 2.70. The molecule has 0 saturated heterocycles. The first-order chi connectivity index (χ1) is 1.91. The zero-order chi connectivity index (χ0) is 3.41.